The first kappa shape index (κ1) is 27.9. The second-order valence-electron chi connectivity index (χ2n) is 9.25. The number of hydrogen-bond donors (Lipinski definition) is 1. The van der Waals surface area contributed by atoms with E-state index in [1.54, 1.807) is 17.4 Å². The number of nitrogens with one attached hydrogen (secondary N) is 1. The van der Waals surface area contributed by atoms with Crippen molar-refractivity contribution < 1.29 is 19.0 Å². The van der Waals surface area contributed by atoms with E-state index in [0.29, 0.717) is 37.0 Å². The van der Waals surface area contributed by atoms with Crippen molar-refractivity contribution in [3.8, 4) is 17.2 Å². The van der Waals surface area contributed by atoms with Gasteiger partial charge < -0.3 is 19.5 Å². The van der Waals surface area contributed by atoms with E-state index in [0.717, 1.165) is 37.7 Å². The number of thiazole rings is 1. The fourth-order valence-electron chi connectivity index (χ4n) is 4.31. The first-order valence-electron chi connectivity index (χ1n) is 13.6. The standard InChI is InChI=1S/C34H32N2O4S/c1-3-38-30-19-16-27(22-31(30)39-4-2)35-33(37)21-26(34-36-29-12-8-9-13-32(29)41-34)20-24-14-17-28(18-15-24)40-23-25-10-6-5-7-11-25/h5-20,22H,3-4,21,23H2,1-2H3,(H,35,37)/b26-20-. The molecular formula is C34H32N2O4S. The molecule has 0 aliphatic heterocycles. The number of nitrogens with zero attached hydrogens (tertiary/aromatic N) is 1. The Morgan fingerprint density at radius 1 is 0.829 bits per heavy atom. The summed E-state index contributed by atoms with van der Waals surface area (Å²) in [5.41, 5.74) is 4.46. The summed E-state index contributed by atoms with van der Waals surface area (Å²) in [6, 6.07) is 31.4. The van der Waals surface area contributed by atoms with Gasteiger partial charge in [0, 0.05) is 11.8 Å². The largest absolute Gasteiger partial charge is 0.490 e. The van der Waals surface area contributed by atoms with Crippen LogP contribution in [-0.4, -0.2) is 24.1 Å². The van der Waals surface area contributed by atoms with E-state index < -0.39 is 0 Å². The molecule has 5 aromatic rings. The number of hydrogen-bond acceptors (Lipinski definition) is 6. The number of anilines is 1. The van der Waals surface area contributed by atoms with Crippen LogP contribution in [0.5, 0.6) is 17.2 Å². The predicted octanol–water partition coefficient (Wildman–Crippen LogP) is 8.24. The van der Waals surface area contributed by atoms with Gasteiger partial charge in [-0.2, -0.15) is 0 Å². The van der Waals surface area contributed by atoms with Crippen LogP contribution in [0.3, 0.4) is 0 Å². The van der Waals surface area contributed by atoms with Gasteiger partial charge in [-0.3, -0.25) is 4.79 Å². The molecular weight excluding hydrogens is 532 g/mol. The maximum atomic E-state index is 13.3. The summed E-state index contributed by atoms with van der Waals surface area (Å²) in [7, 11) is 0. The third-order valence-electron chi connectivity index (χ3n) is 6.22. The molecule has 41 heavy (non-hydrogen) atoms. The normalized spacial score (nSPS) is 11.3. The van der Waals surface area contributed by atoms with Gasteiger partial charge in [0.15, 0.2) is 11.5 Å². The number of carbonyl (C=O) groups excluding carboxylic acids is 1. The Morgan fingerprint density at radius 2 is 1.56 bits per heavy atom. The topological polar surface area (TPSA) is 69.7 Å². The Morgan fingerprint density at radius 3 is 2.32 bits per heavy atom. The fraction of sp³-hybridized carbons (Fsp3) is 0.176. The molecule has 0 aliphatic carbocycles. The molecule has 0 bridgehead atoms. The zero-order chi connectivity index (χ0) is 28.4. The van der Waals surface area contributed by atoms with Crippen LogP contribution in [0.1, 0.15) is 36.4 Å². The second kappa shape index (κ2) is 13.6. The number of carbonyl (C=O) groups is 1. The van der Waals surface area contributed by atoms with Gasteiger partial charge in [0.2, 0.25) is 5.91 Å². The highest BCUT2D eigenvalue weighted by Gasteiger charge is 2.15. The molecule has 6 nitrogen and oxygen atoms in total. The van der Waals surface area contributed by atoms with E-state index in [1.165, 1.54) is 0 Å². The molecule has 0 aliphatic rings. The number of fused-ring (bicyclic) bond motifs is 1. The van der Waals surface area contributed by atoms with E-state index in [-0.39, 0.29) is 12.3 Å². The van der Waals surface area contributed by atoms with Crippen molar-refractivity contribution in [2.45, 2.75) is 26.9 Å². The quantitative estimate of drug-likeness (QED) is 0.165. The van der Waals surface area contributed by atoms with Crippen LogP contribution >= 0.6 is 11.3 Å². The lowest BCUT2D eigenvalue weighted by Crippen LogP contribution is -2.12. The minimum atomic E-state index is -0.148. The van der Waals surface area contributed by atoms with E-state index in [1.807, 2.05) is 111 Å². The van der Waals surface area contributed by atoms with Crippen LogP contribution in [0.4, 0.5) is 5.69 Å². The predicted molar refractivity (Wildman–Crippen MR) is 167 cm³/mol. The molecule has 0 saturated carbocycles. The third kappa shape index (κ3) is 7.52. The zero-order valence-electron chi connectivity index (χ0n) is 23.1. The lowest BCUT2D eigenvalue weighted by Gasteiger charge is -2.13. The lowest BCUT2D eigenvalue weighted by molar-refractivity contribution is -0.115. The van der Waals surface area contributed by atoms with Crippen molar-refractivity contribution in [3.05, 3.63) is 113 Å². The highest BCUT2D eigenvalue weighted by molar-refractivity contribution is 7.19. The average Bonchev–Trinajstić information content (AvgIpc) is 3.43. The molecule has 1 aromatic heterocycles. The van der Waals surface area contributed by atoms with Crippen molar-refractivity contribution in [3.63, 3.8) is 0 Å². The van der Waals surface area contributed by atoms with E-state index >= 15 is 0 Å². The maximum Gasteiger partial charge on any atom is 0.228 e. The molecule has 7 heteroatoms. The summed E-state index contributed by atoms with van der Waals surface area (Å²) < 4.78 is 18.4. The summed E-state index contributed by atoms with van der Waals surface area (Å²) >= 11 is 1.58. The Bertz CT molecular complexity index is 1600. The molecule has 0 unspecified atom stereocenters. The summed E-state index contributed by atoms with van der Waals surface area (Å²) in [6.07, 6.45) is 2.17. The molecule has 208 valence electrons. The molecule has 1 amide bonds. The Balaban J connectivity index is 1.36. The minimum Gasteiger partial charge on any atom is -0.490 e. The van der Waals surface area contributed by atoms with Crippen molar-refractivity contribution in [1.82, 2.24) is 4.98 Å². The second-order valence-corrected chi connectivity index (χ2v) is 10.3. The monoisotopic (exact) mass is 564 g/mol. The summed E-state index contributed by atoms with van der Waals surface area (Å²) in [5, 5.41) is 3.83. The number of benzene rings is 4. The molecule has 0 spiro atoms. The van der Waals surface area contributed by atoms with Crippen LogP contribution in [-0.2, 0) is 11.4 Å². The SMILES string of the molecule is CCOc1ccc(NC(=O)C/C(=C/c2ccc(OCc3ccccc3)cc2)c2nc3ccccc3s2)cc1OCC. The number of rotatable bonds is 12. The van der Waals surface area contributed by atoms with Crippen LogP contribution in [0.2, 0.25) is 0 Å². The molecule has 5 rings (SSSR count). The highest BCUT2D eigenvalue weighted by atomic mass is 32.1. The molecule has 4 aromatic carbocycles. The number of aromatic nitrogens is 1. The first-order chi connectivity index (χ1) is 20.1. The molecule has 1 N–H and O–H groups in total. The molecule has 0 saturated heterocycles. The first-order valence-corrected chi connectivity index (χ1v) is 14.5. The van der Waals surface area contributed by atoms with Gasteiger partial charge in [-0.25, -0.2) is 4.98 Å². The van der Waals surface area contributed by atoms with Gasteiger partial charge in [-0.05, 0) is 73.0 Å². The van der Waals surface area contributed by atoms with Gasteiger partial charge >= 0.3 is 0 Å². The number of amides is 1. The third-order valence-corrected chi connectivity index (χ3v) is 7.33. The van der Waals surface area contributed by atoms with Gasteiger partial charge in [0.1, 0.15) is 17.4 Å². The smallest absolute Gasteiger partial charge is 0.228 e. The summed E-state index contributed by atoms with van der Waals surface area (Å²) in [4.78, 5) is 18.1. The van der Waals surface area contributed by atoms with Crippen LogP contribution in [0.15, 0.2) is 97.1 Å². The van der Waals surface area contributed by atoms with E-state index in [4.69, 9.17) is 19.2 Å². The number of para-hydroxylation sites is 1. The zero-order valence-corrected chi connectivity index (χ0v) is 23.9. The van der Waals surface area contributed by atoms with Gasteiger partial charge in [0.25, 0.3) is 0 Å². The van der Waals surface area contributed by atoms with Crippen LogP contribution in [0.25, 0.3) is 21.9 Å². The fourth-order valence-corrected chi connectivity index (χ4v) is 5.29. The maximum absolute atomic E-state index is 13.3. The van der Waals surface area contributed by atoms with Crippen molar-refractivity contribution in [2.24, 2.45) is 0 Å². The van der Waals surface area contributed by atoms with Gasteiger partial charge in [-0.15, -0.1) is 11.3 Å². The molecule has 1 heterocycles. The van der Waals surface area contributed by atoms with Gasteiger partial charge in [0.05, 0.1) is 29.9 Å². The van der Waals surface area contributed by atoms with Crippen molar-refractivity contribution in [2.75, 3.05) is 18.5 Å². The number of ether oxygens (including phenoxy) is 3. The molecule has 0 atom stereocenters. The molecule has 0 radical (unpaired) electrons. The van der Waals surface area contributed by atoms with E-state index in [9.17, 15) is 4.79 Å². The van der Waals surface area contributed by atoms with E-state index in [2.05, 4.69) is 5.32 Å². The van der Waals surface area contributed by atoms with Crippen LogP contribution < -0.4 is 19.5 Å². The molecule has 0 fully saturated rings. The average molecular weight is 565 g/mol. The lowest BCUT2D eigenvalue weighted by atomic mass is 10.1. The van der Waals surface area contributed by atoms with Crippen molar-refractivity contribution in [1.29, 1.82) is 0 Å². The minimum absolute atomic E-state index is 0.148. The highest BCUT2D eigenvalue weighted by Crippen LogP contribution is 2.33. The Hall–Kier alpha value is -4.62. The Kier molecular flexibility index (Phi) is 9.29. The van der Waals surface area contributed by atoms with Crippen LogP contribution in [0, 0.1) is 0 Å². The Labute approximate surface area is 244 Å². The van der Waals surface area contributed by atoms with Gasteiger partial charge in [-0.1, -0.05) is 54.6 Å². The summed E-state index contributed by atoms with van der Waals surface area (Å²) in [5.74, 6) is 1.89. The summed E-state index contributed by atoms with van der Waals surface area (Å²) in [6.45, 7) is 5.37. The van der Waals surface area contributed by atoms with Crippen molar-refractivity contribution >= 4 is 44.8 Å².